The Hall–Kier alpha value is -2.18. The summed E-state index contributed by atoms with van der Waals surface area (Å²) in [6.45, 7) is 0.655. The molecule has 0 atom stereocenters. The van der Waals surface area contributed by atoms with Crippen molar-refractivity contribution < 1.29 is 9.90 Å². The highest BCUT2D eigenvalue weighted by Gasteiger charge is 2.28. The fraction of sp³-hybridized carbons (Fsp3) is 0.250. The van der Waals surface area contributed by atoms with Gasteiger partial charge in [-0.05, 0) is 0 Å². The molecule has 1 amide bonds. The molecular weight excluding hydrogens is 198 g/mol. The van der Waals surface area contributed by atoms with Crippen LogP contribution in [0, 0.1) is 0 Å². The van der Waals surface area contributed by atoms with Gasteiger partial charge in [-0.15, -0.1) is 4.63 Å². The minimum absolute atomic E-state index is 0.315. The number of hydrogen-bond acceptors (Lipinski definition) is 4. The number of fused-ring (bicyclic) bond motifs is 3. The molecule has 0 radical (unpaired) electrons. The Labute approximate surface area is 83.9 Å². The Balaban J connectivity index is 2.12. The van der Waals surface area contributed by atoms with Crippen molar-refractivity contribution in [3.05, 3.63) is 23.7 Å². The smallest absolute Gasteiger partial charge is 0.407 e. The summed E-state index contributed by atoms with van der Waals surface area (Å²) in [6, 6.07) is 0. The summed E-state index contributed by atoms with van der Waals surface area (Å²) in [6.07, 6.45) is 2.18. The van der Waals surface area contributed by atoms with E-state index in [-0.39, 0.29) is 0 Å². The second-order valence-electron chi connectivity index (χ2n) is 3.32. The van der Waals surface area contributed by atoms with Gasteiger partial charge in [0.25, 0.3) is 0 Å². The molecule has 3 heterocycles. The van der Waals surface area contributed by atoms with E-state index >= 15 is 0 Å². The molecule has 2 aromatic heterocycles. The second-order valence-corrected chi connectivity index (χ2v) is 3.32. The van der Waals surface area contributed by atoms with Crippen LogP contribution in [0.5, 0.6) is 0 Å². The summed E-state index contributed by atoms with van der Waals surface area (Å²) in [4.78, 5) is 16.2. The van der Waals surface area contributed by atoms with Crippen LogP contribution in [0.25, 0.3) is 5.65 Å². The van der Waals surface area contributed by atoms with E-state index in [4.69, 9.17) is 5.11 Å². The molecular formula is C8H7N5O2. The minimum atomic E-state index is -0.935. The van der Waals surface area contributed by atoms with Crippen LogP contribution in [0.2, 0.25) is 0 Å². The normalized spacial score (nSPS) is 14.5. The van der Waals surface area contributed by atoms with Crippen molar-refractivity contribution in [3.63, 3.8) is 0 Å². The van der Waals surface area contributed by atoms with Crippen LogP contribution >= 0.6 is 0 Å². The van der Waals surface area contributed by atoms with E-state index in [9.17, 15) is 4.79 Å². The molecule has 0 fully saturated rings. The maximum absolute atomic E-state index is 10.8. The Morgan fingerprint density at radius 2 is 2.27 bits per heavy atom. The summed E-state index contributed by atoms with van der Waals surface area (Å²) in [7, 11) is 0. The van der Waals surface area contributed by atoms with Crippen LogP contribution in [-0.4, -0.2) is 35.9 Å². The van der Waals surface area contributed by atoms with E-state index in [0.717, 1.165) is 11.3 Å². The van der Waals surface area contributed by atoms with Crippen LogP contribution < -0.4 is 0 Å². The molecule has 1 aliphatic heterocycles. The number of nitrogens with zero attached hydrogens (tertiary/aromatic N) is 5. The Morgan fingerprint density at radius 3 is 3.07 bits per heavy atom. The molecule has 0 bridgehead atoms. The Morgan fingerprint density at radius 1 is 1.40 bits per heavy atom. The van der Waals surface area contributed by atoms with Crippen LogP contribution in [-0.2, 0) is 13.1 Å². The Bertz CT molecular complexity index is 549. The van der Waals surface area contributed by atoms with Crippen molar-refractivity contribution in [3.8, 4) is 0 Å². The first-order valence-electron chi connectivity index (χ1n) is 4.41. The van der Waals surface area contributed by atoms with Crippen molar-refractivity contribution in [2.24, 2.45) is 0 Å². The zero-order valence-corrected chi connectivity index (χ0v) is 7.66. The predicted octanol–water partition coefficient (Wildman–Crippen LogP) is 0.118. The lowest BCUT2D eigenvalue weighted by molar-refractivity contribution is 0.144. The summed E-state index contributed by atoms with van der Waals surface area (Å²) in [5.74, 6) is 0. The van der Waals surface area contributed by atoms with Crippen LogP contribution in [0.15, 0.2) is 12.4 Å². The lowest BCUT2D eigenvalue weighted by Gasteiger charge is -2.09. The molecule has 0 aromatic carbocycles. The van der Waals surface area contributed by atoms with E-state index < -0.39 is 6.09 Å². The highest BCUT2D eigenvalue weighted by atomic mass is 16.4. The number of amides is 1. The van der Waals surface area contributed by atoms with E-state index in [1.807, 2.05) is 0 Å². The zero-order valence-electron chi connectivity index (χ0n) is 7.66. The standard InChI is InChI=1S/C8H7N5O2/c14-8(15)12-3-5-6(4-12)11-13-7(5)9-1-2-10-13/h1-2H,3-4H2,(H,14,15). The molecule has 3 rings (SSSR count). The van der Waals surface area contributed by atoms with E-state index in [1.54, 1.807) is 12.4 Å². The third kappa shape index (κ3) is 1.06. The number of carboxylic acid groups (broad SMARTS) is 1. The monoisotopic (exact) mass is 205 g/mol. The van der Waals surface area contributed by atoms with Gasteiger partial charge in [0.05, 0.1) is 25.0 Å². The number of rotatable bonds is 0. The van der Waals surface area contributed by atoms with Gasteiger partial charge in [0.2, 0.25) is 0 Å². The van der Waals surface area contributed by atoms with Crippen molar-refractivity contribution in [1.29, 1.82) is 0 Å². The lowest BCUT2D eigenvalue weighted by Crippen LogP contribution is -2.23. The minimum Gasteiger partial charge on any atom is -0.465 e. The predicted molar refractivity (Wildman–Crippen MR) is 48.1 cm³/mol. The third-order valence-corrected chi connectivity index (χ3v) is 2.42. The van der Waals surface area contributed by atoms with Gasteiger partial charge in [-0.1, -0.05) is 0 Å². The largest absolute Gasteiger partial charge is 0.465 e. The molecule has 2 aromatic rings. The van der Waals surface area contributed by atoms with E-state index in [1.165, 1.54) is 9.53 Å². The fourth-order valence-corrected chi connectivity index (χ4v) is 1.73. The first-order chi connectivity index (χ1) is 7.25. The number of carbonyl (C=O) groups is 1. The van der Waals surface area contributed by atoms with Crippen molar-refractivity contribution in [2.45, 2.75) is 13.1 Å². The highest BCUT2D eigenvalue weighted by molar-refractivity contribution is 5.67. The maximum Gasteiger partial charge on any atom is 0.407 e. The van der Waals surface area contributed by atoms with Gasteiger partial charge in [0.15, 0.2) is 5.65 Å². The summed E-state index contributed by atoms with van der Waals surface area (Å²) >= 11 is 0. The van der Waals surface area contributed by atoms with Crippen LogP contribution in [0.4, 0.5) is 4.79 Å². The third-order valence-electron chi connectivity index (χ3n) is 2.42. The fourth-order valence-electron chi connectivity index (χ4n) is 1.73. The topological polar surface area (TPSA) is 83.6 Å². The van der Waals surface area contributed by atoms with Gasteiger partial charge in [0, 0.05) is 11.8 Å². The molecule has 0 saturated heterocycles. The number of hydrogen-bond donors (Lipinski definition) is 1. The molecule has 15 heavy (non-hydrogen) atoms. The first kappa shape index (κ1) is 8.16. The first-order valence-corrected chi connectivity index (χ1v) is 4.41. The van der Waals surface area contributed by atoms with Gasteiger partial charge in [-0.2, -0.15) is 10.2 Å². The van der Waals surface area contributed by atoms with E-state index in [0.29, 0.717) is 18.7 Å². The average Bonchev–Trinajstić information content (AvgIpc) is 2.73. The summed E-state index contributed by atoms with van der Waals surface area (Å²) in [5, 5.41) is 17.0. The quantitative estimate of drug-likeness (QED) is 0.660. The van der Waals surface area contributed by atoms with Gasteiger partial charge >= 0.3 is 6.09 Å². The van der Waals surface area contributed by atoms with Crippen molar-refractivity contribution in [2.75, 3.05) is 0 Å². The molecule has 0 spiro atoms. The van der Waals surface area contributed by atoms with Crippen molar-refractivity contribution in [1.82, 2.24) is 24.7 Å². The highest BCUT2D eigenvalue weighted by Crippen LogP contribution is 2.23. The maximum atomic E-state index is 10.8. The molecule has 7 heteroatoms. The van der Waals surface area contributed by atoms with Crippen LogP contribution in [0.3, 0.4) is 0 Å². The number of aromatic nitrogens is 4. The lowest BCUT2D eigenvalue weighted by atomic mass is 10.3. The van der Waals surface area contributed by atoms with Gasteiger partial charge in [0.1, 0.15) is 0 Å². The zero-order chi connectivity index (χ0) is 10.4. The molecule has 1 aliphatic rings. The summed E-state index contributed by atoms with van der Waals surface area (Å²) in [5.41, 5.74) is 2.23. The molecule has 1 N–H and O–H groups in total. The molecule has 0 unspecified atom stereocenters. The molecule has 0 aliphatic carbocycles. The van der Waals surface area contributed by atoms with E-state index in [2.05, 4.69) is 15.2 Å². The van der Waals surface area contributed by atoms with Gasteiger partial charge in [-0.3, -0.25) is 4.90 Å². The van der Waals surface area contributed by atoms with Crippen molar-refractivity contribution >= 4 is 11.7 Å². The van der Waals surface area contributed by atoms with Crippen LogP contribution in [0.1, 0.15) is 11.3 Å². The molecule has 0 saturated carbocycles. The second kappa shape index (κ2) is 2.66. The Kier molecular flexibility index (Phi) is 1.44. The van der Waals surface area contributed by atoms with Gasteiger partial charge < -0.3 is 5.11 Å². The van der Waals surface area contributed by atoms with Gasteiger partial charge in [-0.25, -0.2) is 9.78 Å². The SMILES string of the molecule is O=C(O)N1Cc2nn3nccnc3c2C1. The average molecular weight is 205 g/mol. The molecule has 7 nitrogen and oxygen atoms in total. The summed E-state index contributed by atoms with van der Waals surface area (Å²) < 4.78 is 1.43. The molecule has 76 valence electrons.